The number of benzene rings is 2. The average molecular weight is 430 g/mol. The molecule has 1 amide bonds. The Kier molecular flexibility index (Phi) is 6.05. The summed E-state index contributed by atoms with van der Waals surface area (Å²) in [5.41, 5.74) is 3.01. The maximum Gasteiger partial charge on any atom is 0.416 e. The van der Waals surface area contributed by atoms with Gasteiger partial charge in [-0.05, 0) is 66.6 Å². The molecule has 0 radical (unpaired) electrons. The van der Waals surface area contributed by atoms with Crippen molar-refractivity contribution < 1.29 is 23.1 Å². The van der Waals surface area contributed by atoms with E-state index < -0.39 is 17.8 Å². The molecule has 0 spiro atoms. The number of alkyl halides is 3. The second kappa shape index (κ2) is 8.75. The molecule has 2 N–H and O–H groups in total. The molecule has 31 heavy (non-hydrogen) atoms. The SMILES string of the molecule is O=C(/C=C/c1ccc(C(F)(F)F)cc1N1CCCCC1)Nc1cccc2c1C[C@H](O)C2. The van der Waals surface area contributed by atoms with Gasteiger partial charge in [-0.2, -0.15) is 13.2 Å². The first-order chi connectivity index (χ1) is 14.8. The van der Waals surface area contributed by atoms with Gasteiger partial charge in [-0.3, -0.25) is 4.79 Å². The van der Waals surface area contributed by atoms with Gasteiger partial charge in [0.2, 0.25) is 5.91 Å². The summed E-state index contributed by atoms with van der Waals surface area (Å²) in [4.78, 5) is 14.5. The van der Waals surface area contributed by atoms with Crippen molar-refractivity contribution in [3.63, 3.8) is 0 Å². The first kappa shape index (κ1) is 21.4. The van der Waals surface area contributed by atoms with Crippen molar-refractivity contribution in [1.82, 2.24) is 0 Å². The first-order valence-electron chi connectivity index (χ1n) is 10.6. The maximum atomic E-state index is 13.2. The quantitative estimate of drug-likeness (QED) is 0.685. The number of halogens is 3. The Bertz CT molecular complexity index is 995. The lowest BCUT2D eigenvalue weighted by Gasteiger charge is -2.30. The van der Waals surface area contributed by atoms with Crippen molar-refractivity contribution in [2.45, 2.75) is 44.4 Å². The monoisotopic (exact) mass is 430 g/mol. The minimum absolute atomic E-state index is 0.362. The lowest BCUT2D eigenvalue weighted by Crippen LogP contribution is -2.30. The number of carbonyl (C=O) groups excluding carboxylic acids is 1. The molecule has 0 aromatic heterocycles. The summed E-state index contributed by atoms with van der Waals surface area (Å²) in [6.45, 7) is 1.40. The molecular formula is C24H25F3N2O2. The first-order valence-corrected chi connectivity index (χ1v) is 10.6. The molecule has 1 heterocycles. The number of hydrogen-bond acceptors (Lipinski definition) is 3. The Balaban J connectivity index is 1.55. The third kappa shape index (κ3) is 4.93. The topological polar surface area (TPSA) is 52.6 Å². The van der Waals surface area contributed by atoms with Crippen LogP contribution in [0.3, 0.4) is 0 Å². The summed E-state index contributed by atoms with van der Waals surface area (Å²) < 4.78 is 39.7. The van der Waals surface area contributed by atoms with Gasteiger partial charge in [0.05, 0.1) is 11.7 Å². The van der Waals surface area contributed by atoms with E-state index in [1.807, 2.05) is 17.0 Å². The number of fused-ring (bicyclic) bond motifs is 1. The smallest absolute Gasteiger partial charge is 0.392 e. The third-order valence-electron chi connectivity index (χ3n) is 5.89. The van der Waals surface area contributed by atoms with E-state index in [-0.39, 0.29) is 5.91 Å². The number of aliphatic hydroxyl groups is 1. The second-order valence-corrected chi connectivity index (χ2v) is 8.15. The molecule has 2 aromatic carbocycles. The van der Waals surface area contributed by atoms with E-state index in [1.165, 1.54) is 18.2 Å². The highest BCUT2D eigenvalue weighted by Gasteiger charge is 2.31. The zero-order valence-electron chi connectivity index (χ0n) is 17.1. The van der Waals surface area contributed by atoms with Crippen molar-refractivity contribution in [3.8, 4) is 0 Å². The Morgan fingerprint density at radius 2 is 1.87 bits per heavy atom. The van der Waals surface area contributed by atoms with Gasteiger partial charge in [0.25, 0.3) is 0 Å². The number of carbonyl (C=O) groups is 1. The van der Waals surface area contributed by atoms with Crippen LogP contribution in [-0.2, 0) is 23.8 Å². The van der Waals surface area contributed by atoms with Crippen molar-refractivity contribution in [2.24, 2.45) is 0 Å². The Morgan fingerprint density at radius 1 is 1.10 bits per heavy atom. The van der Waals surface area contributed by atoms with Crippen LogP contribution in [0.5, 0.6) is 0 Å². The van der Waals surface area contributed by atoms with Crippen LogP contribution in [0.15, 0.2) is 42.5 Å². The van der Waals surface area contributed by atoms with Crippen LogP contribution < -0.4 is 10.2 Å². The molecule has 4 nitrogen and oxygen atoms in total. The van der Waals surface area contributed by atoms with Crippen LogP contribution in [0.4, 0.5) is 24.5 Å². The van der Waals surface area contributed by atoms with E-state index in [9.17, 15) is 23.1 Å². The Labute approximate surface area is 179 Å². The molecule has 0 saturated carbocycles. The molecule has 1 aliphatic carbocycles. The molecule has 1 aliphatic heterocycles. The third-order valence-corrected chi connectivity index (χ3v) is 5.89. The number of amides is 1. The fourth-order valence-corrected chi connectivity index (χ4v) is 4.36. The molecule has 1 saturated heterocycles. The molecule has 2 aromatic rings. The van der Waals surface area contributed by atoms with Gasteiger partial charge >= 0.3 is 6.18 Å². The number of aliphatic hydroxyl groups excluding tert-OH is 1. The summed E-state index contributed by atoms with van der Waals surface area (Å²) in [5, 5.41) is 12.7. The molecule has 0 bridgehead atoms. The highest BCUT2D eigenvalue weighted by atomic mass is 19.4. The molecule has 0 unspecified atom stereocenters. The van der Waals surface area contributed by atoms with Crippen molar-refractivity contribution >= 4 is 23.4 Å². The second-order valence-electron chi connectivity index (χ2n) is 8.15. The fourth-order valence-electron chi connectivity index (χ4n) is 4.36. The molecule has 7 heteroatoms. The van der Waals surface area contributed by atoms with E-state index in [2.05, 4.69) is 5.32 Å². The van der Waals surface area contributed by atoms with E-state index in [0.717, 1.165) is 36.5 Å². The van der Waals surface area contributed by atoms with Crippen LogP contribution in [0, 0.1) is 0 Å². The average Bonchev–Trinajstić information content (AvgIpc) is 3.13. The van der Waals surface area contributed by atoms with Crippen molar-refractivity contribution in [3.05, 3.63) is 64.7 Å². The minimum atomic E-state index is -4.41. The van der Waals surface area contributed by atoms with Crippen LogP contribution in [0.25, 0.3) is 6.08 Å². The van der Waals surface area contributed by atoms with E-state index in [4.69, 9.17) is 0 Å². The summed E-state index contributed by atoms with van der Waals surface area (Å²) in [6, 6.07) is 9.21. The molecular weight excluding hydrogens is 405 g/mol. The summed E-state index contributed by atoms with van der Waals surface area (Å²) >= 11 is 0. The lowest BCUT2D eigenvalue weighted by molar-refractivity contribution is -0.137. The number of nitrogens with zero attached hydrogens (tertiary/aromatic N) is 1. The van der Waals surface area contributed by atoms with Crippen LogP contribution in [0.2, 0.25) is 0 Å². The zero-order valence-corrected chi connectivity index (χ0v) is 17.1. The fraction of sp³-hybridized carbons (Fsp3) is 0.375. The number of hydrogen-bond donors (Lipinski definition) is 2. The minimum Gasteiger partial charge on any atom is -0.392 e. The Morgan fingerprint density at radius 3 is 2.61 bits per heavy atom. The number of anilines is 2. The predicted molar refractivity (Wildman–Crippen MR) is 115 cm³/mol. The van der Waals surface area contributed by atoms with Gasteiger partial charge in [-0.15, -0.1) is 0 Å². The van der Waals surface area contributed by atoms with Crippen LogP contribution >= 0.6 is 0 Å². The highest BCUT2D eigenvalue weighted by molar-refractivity contribution is 6.03. The molecule has 4 rings (SSSR count). The van der Waals surface area contributed by atoms with Crippen molar-refractivity contribution in [1.29, 1.82) is 0 Å². The molecule has 2 aliphatic rings. The maximum absolute atomic E-state index is 13.2. The van der Waals surface area contributed by atoms with Gasteiger partial charge in [0, 0.05) is 37.0 Å². The molecule has 1 atom stereocenters. The molecule has 164 valence electrons. The van der Waals surface area contributed by atoms with Crippen molar-refractivity contribution in [2.75, 3.05) is 23.3 Å². The summed E-state index contributed by atoms with van der Waals surface area (Å²) in [7, 11) is 0. The number of rotatable bonds is 4. The molecule has 1 fully saturated rings. The standard InChI is InChI=1S/C24H25F3N2O2/c25-24(26,27)18-9-7-16(22(14-18)29-11-2-1-3-12-29)8-10-23(31)28-21-6-4-5-17-13-19(30)15-20(17)21/h4-10,14,19,30H,1-3,11-13,15H2,(H,28,31)/b10-8+/t19-/m1/s1. The van der Waals surface area contributed by atoms with Gasteiger partial charge in [0.15, 0.2) is 0 Å². The normalized spacial score (nSPS) is 19.0. The highest BCUT2D eigenvalue weighted by Crippen LogP contribution is 2.35. The van der Waals surface area contributed by atoms with E-state index in [1.54, 1.807) is 12.1 Å². The van der Waals surface area contributed by atoms with Gasteiger partial charge in [-0.1, -0.05) is 18.2 Å². The van der Waals surface area contributed by atoms with Gasteiger partial charge < -0.3 is 15.3 Å². The zero-order chi connectivity index (χ0) is 22.0. The van der Waals surface area contributed by atoms with Gasteiger partial charge in [-0.25, -0.2) is 0 Å². The summed E-state index contributed by atoms with van der Waals surface area (Å²) in [6.07, 6.45) is 2.06. The summed E-state index contributed by atoms with van der Waals surface area (Å²) in [5.74, 6) is -0.362. The Hall–Kier alpha value is -2.80. The van der Waals surface area contributed by atoms with Gasteiger partial charge in [0.1, 0.15) is 0 Å². The van der Waals surface area contributed by atoms with E-state index >= 15 is 0 Å². The number of piperidine rings is 1. The number of nitrogens with one attached hydrogen (secondary N) is 1. The van der Waals surface area contributed by atoms with E-state index in [0.29, 0.717) is 42.9 Å². The predicted octanol–water partition coefficient (Wildman–Crippen LogP) is 4.81. The largest absolute Gasteiger partial charge is 0.416 e. The van der Waals surface area contributed by atoms with Crippen LogP contribution in [-0.4, -0.2) is 30.2 Å². The van der Waals surface area contributed by atoms with Crippen LogP contribution in [0.1, 0.15) is 41.5 Å². The lowest BCUT2D eigenvalue weighted by atomic mass is 10.0.